The molecule has 0 bridgehead atoms. The number of benzene rings is 2. The van der Waals surface area contributed by atoms with Crippen LogP contribution in [0.5, 0.6) is 5.75 Å². The number of unbranched alkanes of at least 4 members (excludes halogenated alkanes) is 1. The summed E-state index contributed by atoms with van der Waals surface area (Å²) in [5.74, 6) is 0.395. The molecule has 1 heterocycles. The van der Waals surface area contributed by atoms with Gasteiger partial charge >= 0.3 is 0 Å². The molecule has 0 spiro atoms. The van der Waals surface area contributed by atoms with Gasteiger partial charge in [-0.25, -0.2) is 8.42 Å². The van der Waals surface area contributed by atoms with E-state index < -0.39 is 10.0 Å². The molecule has 0 aromatic heterocycles. The normalized spacial score (nSPS) is 15.1. The van der Waals surface area contributed by atoms with Crippen molar-refractivity contribution in [2.75, 3.05) is 25.0 Å². The van der Waals surface area contributed by atoms with E-state index in [1.54, 1.807) is 42.5 Å². The molecule has 29 heavy (non-hydrogen) atoms. The van der Waals surface area contributed by atoms with Gasteiger partial charge in [0.2, 0.25) is 10.0 Å². The number of carbonyl (C=O) groups is 1. The number of sulfonamides is 1. The number of nitrogens with zero attached hydrogens (tertiary/aromatic N) is 1. The van der Waals surface area contributed by atoms with Gasteiger partial charge in [-0.15, -0.1) is 0 Å². The number of nitrogens with one attached hydrogen (secondary N) is 1. The van der Waals surface area contributed by atoms with Gasteiger partial charge in [-0.05, 0) is 61.7 Å². The van der Waals surface area contributed by atoms with Crippen LogP contribution < -0.4 is 10.1 Å². The Kier molecular flexibility index (Phi) is 7.28. The van der Waals surface area contributed by atoms with Crippen LogP contribution in [0, 0.1) is 0 Å². The smallest absolute Gasteiger partial charge is 0.255 e. The predicted molar refractivity (Wildman–Crippen MR) is 114 cm³/mol. The number of rotatable bonds is 8. The van der Waals surface area contributed by atoms with Crippen molar-refractivity contribution in [1.82, 2.24) is 4.31 Å². The number of carbonyl (C=O) groups excluding carboxylic acids is 1. The second-order valence-electron chi connectivity index (χ2n) is 7.17. The lowest BCUT2D eigenvalue weighted by Crippen LogP contribution is -2.35. The Hall–Kier alpha value is -2.38. The molecule has 0 radical (unpaired) electrons. The van der Waals surface area contributed by atoms with Gasteiger partial charge in [0.25, 0.3) is 5.91 Å². The molecular weight excluding hydrogens is 388 g/mol. The molecule has 1 saturated heterocycles. The molecule has 1 aliphatic heterocycles. The van der Waals surface area contributed by atoms with E-state index in [4.69, 9.17) is 4.74 Å². The first-order chi connectivity index (χ1) is 14.0. The van der Waals surface area contributed by atoms with Crippen LogP contribution in [0.25, 0.3) is 0 Å². The van der Waals surface area contributed by atoms with Gasteiger partial charge in [0.15, 0.2) is 0 Å². The van der Waals surface area contributed by atoms with Crippen molar-refractivity contribution < 1.29 is 17.9 Å². The van der Waals surface area contributed by atoms with Crippen LogP contribution in [-0.4, -0.2) is 38.3 Å². The van der Waals surface area contributed by atoms with Crippen molar-refractivity contribution in [2.24, 2.45) is 0 Å². The SMILES string of the molecule is CCCCOc1cccc(C(=O)Nc2ccc(S(=O)(=O)N3CCCCC3)cc2)c1. The van der Waals surface area contributed by atoms with E-state index in [-0.39, 0.29) is 10.8 Å². The predicted octanol–water partition coefficient (Wildman–Crippen LogP) is 4.29. The van der Waals surface area contributed by atoms with Crippen molar-refractivity contribution in [3.05, 3.63) is 54.1 Å². The highest BCUT2D eigenvalue weighted by atomic mass is 32.2. The Labute approximate surface area is 172 Å². The molecule has 156 valence electrons. The number of hydrogen-bond donors (Lipinski definition) is 1. The number of piperidine rings is 1. The number of ether oxygens (including phenoxy) is 1. The Morgan fingerprint density at radius 2 is 1.79 bits per heavy atom. The molecule has 1 N–H and O–H groups in total. The Morgan fingerprint density at radius 1 is 1.07 bits per heavy atom. The van der Waals surface area contributed by atoms with E-state index in [1.165, 1.54) is 4.31 Å². The monoisotopic (exact) mass is 416 g/mol. The van der Waals surface area contributed by atoms with Crippen LogP contribution in [0.2, 0.25) is 0 Å². The topological polar surface area (TPSA) is 75.7 Å². The average molecular weight is 417 g/mol. The Balaban J connectivity index is 1.65. The lowest BCUT2D eigenvalue weighted by molar-refractivity contribution is 0.102. The van der Waals surface area contributed by atoms with Crippen molar-refractivity contribution in [1.29, 1.82) is 0 Å². The first-order valence-electron chi connectivity index (χ1n) is 10.1. The molecule has 1 fully saturated rings. The summed E-state index contributed by atoms with van der Waals surface area (Å²) in [6.45, 7) is 3.85. The molecule has 6 nitrogen and oxygen atoms in total. The molecule has 0 aliphatic carbocycles. The lowest BCUT2D eigenvalue weighted by atomic mass is 10.2. The molecule has 3 rings (SSSR count). The Morgan fingerprint density at radius 3 is 2.48 bits per heavy atom. The minimum atomic E-state index is -3.47. The Bertz CT molecular complexity index is 920. The largest absolute Gasteiger partial charge is 0.494 e. The third kappa shape index (κ3) is 5.58. The second-order valence-corrected chi connectivity index (χ2v) is 9.11. The van der Waals surface area contributed by atoms with Crippen LogP contribution >= 0.6 is 0 Å². The summed E-state index contributed by atoms with van der Waals surface area (Å²) >= 11 is 0. The van der Waals surface area contributed by atoms with Crippen molar-refractivity contribution in [3.63, 3.8) is 0 Å². The van der Waals surface area contributed by atoms with E-state index in [9.17, 15) is 13.2 Å². The van der Waals surface area contributed by atoms with Gasteiger partial charge in [0.05, 0.1) is 11.5 Å². The van der Waals surface area contributed by atoms with E-state index in [0.29, 0.717) is 36.7 Å². The summed E-state index contributed by atoms with van der Waals surface area (Å²) in [5.41, 5.74) is 1.04. The van der Waals surface area contributed by atoms with Gasteiger partial charge in [-0.2, -0.15) is 4.31 Å². The summed E-state index contributed by atoms with van der Waals surface area (Å²) in [7, 11) is -3.47. The van der Waals surface area contributed by atoms with E-state index in [0.717, 1.165) is 32.1 Å². The summed E-state index contributed by atoms with van der Waals surface area (Å²) < 4.78 is 32.6. The maximum atomic E-state index is 12.7. The van der Waals surface area contributed by atoms with Gasteiger partial charge in [-0.1, -0.05) is 25.8 Å². The van der Waals surface area contributed by atoms with Crippen LogP contribution in [0.3, 0.4) is 0 Å². The van der Waals surface area contributed by atoms with Crippen LogP contribution in [0.4, 0.5) is 5.69 Å². The third-order valence-electron chi connectivity index (χ3n) is 4.93. The summed E-state index contributed by atoms with van der Waals surface area (Å²) in [6.07, 6.45) is 4.87. The van der Waals surface area contributed by atoms with Gasteiger partial charge in [0, 0.05) is 24.3 Å². The van der Waals surface area contributed by atoms with Gasteiger partial charge in [0.1, 0.15) is 5.75 Å². The molecule has 2 aromatic rings. The zero-order valence-electron chi connectivity index (χ0n) is 16.8. The molecule has 7 heteroatoms. The van der Waals surface area contributed by atoms with Crippen molar-refractivity contribution in [3.8, 4) is 5.75 Å². The molecule has 1 aliphatic rings. The zero-order chi connectivity index (χ0) is 20.7. The molecular formula is C22H28N2O4S. The third-order valence-corrected chi connectivity index (χ3v) is 6.84. The van der Waals surface area contributed by atoms with Crippen LogP contribution in [0.1, 0.15) is 49.4 Å². The van der Waals surface area contributed by atoms with E-state index >= 15 is 0 Å². The molecule has 1 amide bonds. The highest BCUT2D eigenvalue weighted by molar-refractivity contribution is 7.89. The maximum absolute atomic E-state index is 12.7. The fourth-order valence-corrected chi connectivity index (χ4v) is 4.75. The minimum absolute atomic E-state index is 0.253. The average Bonchev–Trinajstić information content (AvgIpc) is 2.75. The standard InChI is InChI=1S/C22H28N2O4S/c1-2-3-16-28-20-9-7-8-18(17-20)22(25)23-19-10-12-21(13-11-19)29(26,27)24-14-5-4-6-15-24/h7-13,17H,2-6,14-16H2,1H3,(H,23,25). The number of amides is 1. The summed E-state index contributed by atoms with van der Waals surface area (Å²) in [5, 5.41) is 2.81. The lowest BCUT2D eigenvalue weighted by Gasteiger charge is -2.25. The quantitative estimate of drug-likeness (QED) is 0.651. The molecule has 0 atom stereocenters. The molecule has 0 unspecified atom stereocenters. The van der Waals surface area contributed by atoms with E-state index in [2.05, 4.69) is 12.2 Å². The summed E-state index contributed by atoms with van der Waals surface area (Å²) in [6, 6.07) is 13.4. The van der Waals surface area contributed by atoms with Gasteiger partial charge < -0.3 is 10.1 Å². The van der Waals surface area contributed by atoms with E-state index in [1.807, 2.05) is 6.07 Å². The summed E-state index contributed by atoms with van der Waals surface area (Å²) in [4.78, 5) is 12.8. The first-order valence-corrected chi connectivity index (χ1v) is 11.6. The highest BCUT2D eigenvalue weighted by Gasteiger charge is 2.25. The minimum Gasteiger partial charge on any atom is -0.494 e. The molecule has 2 aromatic carbocycles. The van der Waals surface area contributed by atoms with Crippen LogP contribution in [-0.2, 0) is 10.0 Å². The second kappa shape index (κ2) is 9.89. The first kappa shape index (κ1) is 21.3. The highest BCUT2D eigenvalue weighted by Crippen LogP contribution is 2.22. The van der Waals surface area contributed by atoms with Crippen LogP contribution in [0.15, 0.2) is 53.4 Å². The molecule has 0 saturated carbocycles. The van der Waals surface area contributed by atoms with Crippen molar-refractivity contribution in [2.45, 2.75) is 43.9 Å². The number of anilines is 1. The van der Waals surface area contributed by atoms with Gasteiger partial charge in [-0.3, -0.25) is 4.79 Å². The zero-order valence-corrected chi connectivity index (χ0v) is 17.6. The number of hydrogen-bond acceptors (Lipinski definition) is 4. The fourth-order valence-electron chi connectivity index (χ4n) is 3.23. The fraction of sp³-hybridized carbons (Fsp3) is 0.409. The maximum Gasteiger partial charge on any atom is 0.255 e. The van der Waals surface area contributed by atoms with Crippen molar-refractivity contribution >= 4 is 21.6 Å².